The minimum atomic E-state index is -0.524. The molecule has 0 radical (unpaired) electrons. The summed E-state index contributed by atoms with van der Waals surface area (Å²) < 4.78 is 12.5. The van der Waals surface area contributed by atoms with Crippen LogP contribution in [0.2, 0.25) is 0 Å². The Morgan fingerprint density at radius 2 is 2.20 bits per heavy atom. The highest BCUT2D eigenvalue weighted by atomic mass is 32.1. The third kappa shape index (κ3) is 1.30. The minimum absolute atomic E-state index is 0.0208. The Morgan fingerprint density at radius 1 is 1.50 bits per heavy atom. The molecule has 0 aliphatic carbocycles. The molecule has 1 rings (SSSR count). The highest BCUT2D eigenvalue weighted by Gasteiger charge is 1.95. The number of hydrogen-bond acceptors (Lipinski definition) is 2. The number of carbonyl (C=O) groups is 1. The number of carbonyl (C=O) groups excluding carboxylic acids is 1. The number of aldehydes is 1. The van der Waals surface area contributed by atoms with Gasteiger partial charge in [0.05, 0.1) is 0 Å². The van der Waals surface area contributed by atoms with Gasteiger partial charge in [-0.3, -0.25) is 4.79 Å². The summed E-state index contributed by atoms with van der Waals surface area (Å²) in [6.45, 7) is 0. The zero-order valence-electron chi connectivity index (χ0n) is 5.00. The van der Waals surface area contributed by atoms with Gasteiger partial charge in [-0.25, -0.2) is 4.39 Å². The van der Waals surface area contributed by atoms with Crippen molar-refractivity contribution in [3.8, 4) is 0 Å². The average molecular weight is 155 g/mol. The molecule has 0 fully saturated rings. The molecule has 10 heavy (non-hydrogen) atoms. The summed E-state index contributed by atoms with van der Waals surface area (Å²) in [5.74, 6) is -0.524. The normalized spacial score (nSPS) is 9.30. The number of benzene rings is 1. The quantitative estimate of drug-likeness (QED) is 0.452. The summed E-state index contributed by atoms with van der Waals surface area (Å²) in [5, 5.41) is 0. The van der Waals surface area contributed by atoms with Crippen molar-refractivity contribution in [3.05, 3.63) is 29.6 Å². The molecule has 0 atom stereocenters. The van der Waals surface area contributed by atoms with Crippen LogP contribution in [0.25, 0.3) is 0 Å². The highest BCUT2D eigenvalue weighted by Crippen LogP contribution is 2.06. The predicted octanol–water partition coefficient (Wildman–Crippen LogP) is 1.54. The van der Waals surface area contributed by atoms with Crippen LogP contribution in [0.5, 0.6) is 0 Å². The predicted molar refractivity (Wildman–Crippen MR) is 37.4 cm³/mol. The van der Waals surface area contributed by atoms with Gasteiger partial charge in [-0.1, -0.05) is 12.1 Å². The van der Waals surface area contributed by atoms with E-state index in [1.165, 1.54) is 18.2 Å². The van der Waals surface area contributed by atoms with Crippen molar-refractivity contribution in [2.45, 2.75) is 4.90 Å². The van der Waals surface area contributed by atoms with E-state index >= 15 is 0 Å². The lowest BCUT2D eigenvalue weighted by atomic mass is 10.2. The first kappa shape index (κ1) is 7.15. The van der Waals surface area contributed by atoms with Crippen molar-refractivity contribution in [3.63, 3.8) is 0 Å². The highest BCUT2D eigenvalue weighted by molar-refractivity contribution is 7.58. The van der Waals surface area contributed by atoms with Crippen LogP contribution in [0, 0.1) is 5.82 Å². The van der Waals surface area contributed by atoms with Crippen molar-refractivity contribution in [2.75, 3.05) is 0 Å². The fraction of sp³-hybridized carbons (Fsp3) is 0. The van der Waals surface area contributed by atoms with Crippen LogP contribution in [-0.2, 0) is 12.6 Å². The molecule has 0 aromatic heterocycles. The second kappa shape index (κ2) is 2.75. The monoisotopic (exact) mass is 155 g/mol. The molecule has 0 spiro atoms. The third-order valence-corrected chi connectivity index (χ3v) is 1.35. The van der Waals surface area contributed by atoms with Gasteiger partial charge in [0.2, 0.25) is 0 Å². The van der Waals surface area contributed by atoms with Crippen molar-refractivity contribution >= 4 is 18.9 Å². The van der Waals surface area contributed by atoms with E-state index in [0.29, 0.717) is 11.2 Å². The summed E-state index contributed by atoms with van der Waals surface area (Å²) in [7, 11) is 0. The average Bonchev–Trinajstić information content (AvgIpc) is 1.94. The zero-order valence-corrected chi connectivity index (χ0v) is 5.82. The van der Waals surface area contributed by atoms with Gasteiger partial charge in [-0.05, 0) is 6.07 Å². The lowest BCUT2D eigenvalue weighted by Gasteiger charge is -2.04. The Kier molecular flexibility index (Phi) is 1.97. The second-order valence-electron chi connectivity index (χ2n) is 1.80. The van der Waals surface area contributed by atoms with Gasteiger partial charge in [0, 0.05) is 5.56 Å². The van der Waals surface area contributed by atoms with Gasteiger partial charge >= 0.3 is 0 Å². The van der Waals surface area contributed by atoms with E-state index in [2.05, 4.69) is 0 Å². The summed E-state index contributed by atoms with van der Waals surface area (Å²) in [5.41, 5.74) is 0.0208. The summed E-state index contributed by atoms with van der Waals surface area (Å²) >= 11 is 4.70. The van der Waals surface area contributed by atoms with Crippen LogP contribution >= 0.6 is 0 Å². The Bertz CT molecular complexity index is 260. The summed E-state index contributed by atoms with van der Waals surface area (Å²) in [6.07, 6.45) is 0.450. The summed E-state index contributed by atoms with van der Waals surface area (Å²) in [4.78, 5) is 10.6. The molecule has 52 valence electrons. The molecule has 1 nitrogen and oxygen atoms in total. The zero-order chi connectivity index (χ0) is 7.56. The smallest absolute Gasteiger partial charge is 0.152 e. The van der Waals surface area contributed by atoms with Gasteiger partial charge < -0.3 is 12.6 Å². The fourth-order valence-corrected chi connectivity index (χ4v) is 0.807. The summed E-state index contributed by atoms with van der Waals surface area (Å²) in [6, 6.07) is 3.96. The number of rotatable bonds is 1. The molecule has 0 aliphatic rings. The largest absolute Gasteiger partial charge is 0.780 e. The fourth-order valence-electron chi connectivity index (χ4n) is 0.612. The molecular weight excluding hydrogens is 151 g/mol. The van der Waals surface area contributed by atoms with E-state index in [1.54, 1.807) is 0 Å². The molecule has 0 saturated heterocycles. The molecule has 0 unspecified atom stereocenters. The van der Waals surface area contributed by atoms with E-state index in [9.17, 15) is 9.18 Å². The standard InChI is InChI=1S/C7H5FOS/c8-7-2-1-6(10)3-5(7)4-9/h1-4,10H/p-1. The van der Waals surface area contributed by atoms with Crippen molar-refractivity contribution < 1.29 is 9.18 Å². The molecular formula is C7H4FOS-. The molecule has 1 aromatic carbocycles. The van der Waals surface area contributed by atoms with Gasteiger partial charge in [-0.15, -0.1) is 0 Å². The Morgan fingerprint density at radius 3 is 2.70 bits per heavy atom. The molecule has 0 N–H and O–H groups in total. The molecule has 0 heterocycles. The van der Waals surface area contributed by atoms with Crippen LogP contribution in [0.15, 0.2) is 23.1 Å². The molecule has 1 aromatic rings. The Hall–Kier alpha value is -0.960. The number of halogens is 1. The van der Waals surface area contributed by atoms with Crippen LogP contribution in [0.3, 0.4) is 0 Å². The van der Waals surface area contributed by atoms with Crippen molar-refractivity contribution in [2.24, 2.45) is 0 Å². The van der Waals surface area contributed by atoms with Crippen LogP contribution in [-0.4, -0.2) is 6.29 Å². The van der Waals surface area contributed by atoms with Crippen molar-refractivity contribution in [1.82, 2.24) is 0 Å². The maximum Gasteiger partial charge on any atom is 0.152 e. The lowest BCUT2D eigenvalue weighted by Crippen LogP contribution is -1.86. The van der Waals surface area contributed by atoms with Gasteiger partial charge in [0.25, 0.3) is 0 Å². The van der Waals surface area contributed by atoms with E-state index in [0.717, 1.165) is 0 Å². The van der Waals surface area contributed by atoms with Gasteiger partial charge in [0.1, 0.15) is 5.82 Å². The number of hydrogen-bond donors (Lipinski definition) is 0. The van der Waals surface area contributed by atoms with Crippen LogP contribution in [0.1, 0.15) is 10.4 Å². The van der Waals surface area contributed by atoms with E-state index in [1.807, 2.05) is 0 Å². The minimum Gasteiger partial charge on any atom is -0.780 e. The second-order valence-corrected chi connectivity index (χ2v) is 2.27. The molecule has 3 heteroatoms. The van der Waals surface area contributed by atoms with Gasteiger partial charge in [-0.2, -0.15) is 4.90 Å². The molecule has 0 amide bonds. The topological polar surface area (TPSA) is 17.1 Å². The first-order valence-electron chi connectivity index (χ1n) is 2.66. The van der Waals surface area contributed by atoms with E-state index < -0.39 is 5.82 Å². The van der Waals surface area contributed by atoms with Crippen LogP contribution in [0.4, 0.5) is 4.39 Å². The lowest BCUT2D eigenvalue weighted by molar-refractivity contribution is 0.111. The maximum absolute atomic E-state index is 12.5. The molecule has 0 saturated carbocycles. The van der Waals surface area contributed by atoms with Gasteiger partial charge in [0.15, 0.2) is 6.29 Å². The van der Waals surface area contributed by atoms with Crippen LogP contribution < -0.4 is 0 Å². The first-order chi connectivity index (χ1) is 4.74. The first-order valence-corrected chi connectivity index (χ1v) is 3.06. The molecule has 0 bridgehead atoms. The third-order valence-electron chi connectivity index (χ3n) is 1.09. The maximum atomic E-state index is 12.5. The van der Waals surface area contributed by atoms with E-state index in [-0.39, 0.29) is 5.56 Å². The molecule has 0 aliphatic heterocycles. The van der Waals surface area contributed by atoms with Crippen molar-refractivity contribution in [1.29, 1.82) is 0 Å². The van der Waals surface area contributed by atoms with E-state index in [4.69, 9.17) is 12.6 Å². The SMILES string of the molecule is O=Cc1cc([S-])ccc1F. The Labute approximate surface area is 63.3 Å². The Balaban J connectivity index is 3.21.